The van der Waals surface area contributed by atoms with Crippen LogP contribution in [-0.4, -0.2) is 23.0 Å². The Bertz CT molecular complexity index is 3150. The van der Waals surface area contributed by atoms with Gasteiger partial charge >= 0.3 is 0 Å². The van der Waals surface area contributed by atoms with Gasteiger partial charge in [-0.05, 0) is 83.1 Å². The Labute approximate surface area is 330 Å². The molecule has 0 saturated heterocycles. The summed E-state index contributed by atoms with van der Waals surface area (Å²) in [7, 11) is 0. The highest BCUT2D eigenvalue weighted by molar-refractivity contribution is 6.15. The Balaban J connectivity index is 1.05. The van der Waals surface area contributed by atoms with Crippen molar-refractivity contribution in [3.63, 3.8) is 0 Å². The van der Waals surface area contributed by atoms with E-state index in [1.165, 1.54) is 16.3 Å². The number of hydrogen-bond donors (Lipinski definition) is 0. The van der Waals surface area contributed by atoms with Gasteiger partial charge in [-0.1, -0.05) is 146 Å². The molecule has 0 bridgehead atoms. The molecule has 5 heteroatoms. The first-order valence-electron chi connectivity index (χ1n) is 19.1. The van der Waals surface area contributed by atoms with Crippen molar-refractivity contribution < 1.29 is 4.42 Å². The van der Waals surface area contributed by atoms with Gasteiger partial charge < -0.3 is 8.98 Å². The predicted molar refractivity (Wildman–Crippen MR) is 238 cm³/mol. The van der Waals surface area contributed by atoms with E-state index in [-0.39, 0.29) is 0 Å². The molecule has 0 atom stereocenters. The maximum Gasteiger partial charge on any atom is 0.161 e. The molecule has 5 nitrogen and oxygen atoms in total. The van der Waals surface area contributed by atoms with Crippen LogP contribution < -0.4 is 0 Å². The minimum atomic E-state index is 0.483. The van der Waals surface area contributed by atoms with Crippen molar-refractivity contribution in [3.05, 3.63) is 211 Å². The van der Waals surface area contributed by atoms with E-state index >= 15 is 0 Å². The molecule has 8 aromatic carbocycles. The van der Waals surface area contributed by atoms with E-state index < -0.39 is 0 Å². The van der Waals surface area contributed by atoms with Crippen LogP contribution in [0.2, 0.25) is 0 Å². The highest BCUT2D eigenvalue weighted by atomic mass is 16.3. The van der Waals surface area contributed by atoms with E-state index in [0.29, 0.717) is 18.2 Å². The molecule has 0 aliphatic heterocycles. The fourth-order valence-electron chi connectivity index (χ4n) is 7.87. The third kappa shape index (κ3) is 6.31. The van der Waals surface area contributed by atoms with Crippen molar-refractivity contribution in [1.82, 2.24) is 4.57 Å². The molecule has 0 spiro atoms. The second-order valence-electron chi connectivity index (χ2n) is 14.1. The van der Waals surface area contributed by atoms with Crippen LogP contribution in [-0.2, 0) is 6.54 Å². The number of aliphatic imine (C=N–C) groups is 3. The highest BCUT2D eigenvalue weighted by Gasteiger charge is 2.17. The molecule has 270 valence electrons. The highest BCUT2D eigenvalue weighted by Crippen LogP contribution is 2.38. The van der Waals surface area contributed by atoms with Gasteiger partial charge in [-0.2, -0.15) is 0 Å². The van der Waals surface area contributed by atoms with Crippen LogP contribution in [0.5, 0.6) is 0 Å². The third-order valence-corrected chi connectivity index (χ3v) is 10.6. The Morgan fingerprint density at radius 2 is 1.11 bits per heavy atom. The van der Waals surface area contributed by atoms with E-state index in [0.717, 1.165) is 72.0 Å². The van der Waals surface area contributed by atoms with Crippen molar-refractivity contribution in [2.24, 2.45) is 15.0 Å². The number of amidine groups is 2. The van der Waals surface area contributed by atoms with Gasteiger partial charge in [0.1, 0.15) is 11.2 Å². The Morgan fingerprint density at radius 1 is 0.491 bits per heavy atom. The summed E-state index contributed by atoms with van der Waals surface area (Å²) >= 11 is 0. The average Bonchev–Trinajstić information content (AvgIpc) is 3.82. The van der Waals surface area contributed by atoms with Gasteiger partial charge in [-0.15, -0.1) is 0 Å². The third-order valence-electron chi connectivity index (χ3n) is 10.6. The fraction of sp³-hybridized carbons (Fsp3) is 0.0192. The lowest BCUT2D eigenvalue weighted by Gasteiger charge is -2.13. The zero-order valence-electron chi connectivity index (χ0n) is 31.1. The summed E-state index contributed by atoms with van der Waals surface area (Å²) in [5.41, 5.74) is 12.5. The molecule has 2 heterocycles. The van der Waals surface area contributed by atoms with Gasteiger partial charge in [-0.3, -0.25) is 4.99 Å². The van der Waals surface area contributed by atoms with Crippen LogP contribution in [0.15, 0.2) is 214 Å². The molecule has 10 aromatic rings. The van der Waals surface area contributed by atoms with Crippen LogP contribution in [0.3, 0.4) is 0 Å². The standard InChI is InChI=1S/C52H36N4O/c1-53-51(37-16-6-3-7-17-37)55-52(54-34-35-14-4-2-5-15-35)44-21-9-8-18-41(44)36-24-28-40(29-25-36)56-47-22-12-10-19-42(47)45-32-38(26-30-48(45)56)39-27-31-50-46(33-39)43-20-11-13-23-49(43)57-50/h2-33H,1,34H2/b54-52-,55-51-. The molecule has 0 N–H and O–H groups in total. The zero-order valence-corrected chi connectivity index (χ0v) is 31.1. The molecular weight excluding hydrogens is 697 g/mol. The first-order valence-corrected chi connectivity index (χ1v) is 19.1. The zero-order chi connectivity index (χ0) is 38.1. The number of hydrogen-bond acceptors (Lipinski definition) is 2. The lowest BCUT2D eigenvalue weighted by atomic mass is 9.98. The summed E-state index contributed by atoms with van der Waals surface area (Å²) in [4.78, 5) is 14.4. The summed E-state index contributed by atoms with van der Waals surface area (Å²) in [5.74, 6) is 1.13. The SMILES string of the molecule is C=N/C(=N\C(=N/Cc1ccccc1)c1ccccc1-c1ccc(-n2c3ccccc3c3cc(-c4ccc5oc6ccccc6c5c4)ccc32)cc1)c1ccccc1. The summed E-state index contributed by atoms with van der Waals surface area (Å²) < 4.78 is 8.48. The summed E-state index contributed by atoms with van der Waals surface area (Å²) in [6, 6.07) is 67.4. The van der Waals surface area contributed by atoms with Gasteiger partial charge in [0.05, 0.1) is 17.6 Å². The van der Waals surface area contributed by atoms with Crippen molar-refractivity contribution in [3.8, 4) is 27.9 Å². The smallest absolute Gasteiger partial charge is 0.161 e. The molecule has 0 aliphatic rings. The molecule has 0 saturated carbocycles. The molecule has 2 aromatic heterocycles. The molecule has 10 rings (SSSR count). The Morgan fingerprint density at radius 3 is 1.91 bits per heavy atom. The van der Waals surface area contributed by atoms with Crippen LogP contribution in [0.1, 0.15) is 16.7 Å². The van der Waals surface area contributed by atoms with Crippen molar-refractivity contribution >= 4 is 62.1 Å². The molecule has 0 aliphatic carbocycles. The molecule has 0 radical (unpaired) electrons. The van der Waals surface area contributed by atoms with Crippen LogP contribution in [0.25, 0.3) is 71.7 Å². The normalized spacial score (nSPS) is 12.2. The monoisotopic (exact) mass is 732 g/mol. The minimum Gasteiger partial charge on any atom is -0.456 e. The first kappa shape index (κ1) is 33.9. The van der Waals surface area contributed by atoms with Crippen molar-refractivity contribution in [2.75, 3.05) is 0 Å². The largest absolute Gasteiger partial charge is 0.456 e. The lowest BCUT2D eigenvalue weighted by Crippen LogP contribution is -2.07. The van der Waals surface area contributed by atoms with Crippen molar-refractivity contribution in [2.45, 2.75) is 6.54 Å². The number of aromatic nitrogens is 1. The maximum absolute atomic E-state index is 6.12. The van der Waals surface area contributed by atoms with Gasteiger partial charge in [0.15, 0.2) is 11.7 Å². The number of para-hydroxylation sites is 2. The van der Waals surface area contributed by atoms with E-state index in [4.69, 9.17) is 14.4 Å². The van der Waals surface area contributed by atoms with Gasteiger partial charge in [0.25, 0.3) is 0 Å². The van der Waals surface area contributed by atoms with Crippen LogP contribution in [0, 0.1) is 0 Å². The molecular formula is C52H36N4O. The van der Waals surface area contributed by atoms with E-state index in [9.17, 15) is 0 Å². The van der Waals surface area contributed by atoms with Gasteiger partial charge in [-0.25, -0.2) is 9.98 Å². The topological polar surface area (TPSA) is 55.1 Å². The average molecular weight is 733 g/mol. The number of nitrogens with zero attached hydrogens (tertiary/aromatic N) is 4. The van der Waals surface area contributed by atoms with Crippen LogP contribution in [0.4, 0.5) is 0 Å². The molecule has 0 amide bonds. The quantitative estimate of drug-likeness (QED) is 0.119. The number of rotatable bonds is 7. The van der Waals surface area contributed by atoms with Gasteiger partial charge in [0.2, 0.25) is 0 Å². The number of fused-ring (bicyclic) bond motifs is 6. The van der Waals surface area contributed by atoms with E-state index in [1.807, 2.05) is 66.7 Å². The van der Waals surface area contributed by atoms with Crippen LogP contribution >= 0.6 is 0 Å². The summed E-state index contributed by atoms with van der Waals surface area (Å²) in [6.07, 6.45) is 0. The predicted octanol–water partition coefficient (Wildman–Crippen LogP) is 13.1. The molecule has 0 unspecified atom stereocenters. The number of benzene rings is 8. The maximum atomic E-state index is 6.12. The first-order chi connectivity index (χ1) is 28.2. The molecule has 0 fully saturated rings. The van der Waals surface area contributed by atoms with Crippen molar-refractivity contribution in [1.29, 1.82) is 0 Å². The van der Waals surface area contributed by atoms with E-state index in [2.05, 4.69) is 144 Å². The summed E-state index contributed by atoms with van der Waals surface area (Å²) in [5, 5.41) is 4.67. The van der Waals surface area contributed by atoms with E-state index in [1.54, 1.807) is 0 Å². The lowest BCUT2D eigenvalue weighted by molar-refractivity contribution is 0.669. The number of furan rings is 1. The fourth-order valence-corrected chi connectivity index (χ4v) is 7.87. The van der Waals surface area contributed by atoms with Gasteiger partial charge in [0, 0.05) is 38.4 Å². The Hall–Kier alpha value is -7.63. The Kier molecular flexibility index (Phi) is 8.65. The summed E-state index contributed by atoms with van der Waals surface area (Å²) in [6.45, 7) is 4.34. The second-order valence-corrected chi connectivity index (χ2v) is 14.1. The molecule has 57 heavy (non-hydrogen) atoms. The minimum absolute atomic E-state index is 0.483. The second kappa shape index (κ2) is 14.5.